The Kier molecular flexibility index (Phi) is 7.08. The van der Waals surface area contributed by atoms with Crippen molar-refractivity contribution in [3.63, 3.8) is 0 Å². The molecule has 0 N–H and O–H groups in total. The Morgan fingerprint density at radius 3 is 2.62 bits per heavy atom. The van der Waals surface area contributed by atoms with E-state index in [1.165, 1.54) is 17.3 Å². The van der Waals surface area contributed by atoms with Gasteiger partial charge in [0.15, 0.2) is 5.16 Å². The summed E-state index contributed by atoms with van der Waals surface area (Å²) in [4.78, 5) is 25.2. The van der Waals surface area contributed by atoms with E-state index in [9.17, 15) is 4.79 Å². The molecule has 2 aromatic heterocycles. The van der Waals surface area contributed by atoms with E-state index in [4.69, 9.17) is 14.1 Å². The van der Waals surface area contributed by atoms with Crippen LogP contribution in [-0.2, 0) is 17.0 Å². The molecule has 0 saturated carbocycles. The fraction of sp³-hybridized carbons (Fsp3) is 0.346. The lowest BCUT2D eigenvalue weighted by molar-refractivity contribution is 0.0368. The third kappa shape index (κ3) is 5.24. The van der Waals surface area contributed by atoms with Gasteiger partial charge in [-0.1, -0.05) is 41.6 Å². The largest absolute Gasteiger partial charge is 0.444 e. The summed E-state index contributed by atoms with van der Waals surface area (Å²) >= 11 is 1.52. The van der Waals surface area contributed by atoms with Crippen LogP contribution in [0.4, 0.5) is 0 Å². The summed E-state index contributed by atoms with van der Waals surface area (Å²) in [6, 6.07) is 15.7. The highest BCUT2D eigenvalue weighted by Crippen LogP contribution is 2.25. The van der Waals surface area contributed by atoms with Crippen LogP contribution >= 0.6 is 11.8 Å². The van der Waals surface area contributed by atoms with E-state index in [-0.39, 0.29) is 5.56 Å². The molecule has 3 heterocycles. The van der Waals surface area contributed by atoms with Gasteiger partial charge in [-0.3, -0.25) is 14.3 Å². The van der Waals surface area contributed by atoms with Crippen molar-refractivity contribution in [3.05, 3.63) is 76.4 Å². The summed E-state index contributed by atoms with van der Waals surface area (Å²) in [6.45, 7) is 7.07. The Labute approximate surface area is 202 Å². The van der Waals surface area contributed by atoms with E-state index in [1.807, 2.05) is 53.1 Å². The van der Waals surface area contributed by atoms with Crippen LogP contribution in [0.3, 0.4) is 0 Å². The first-order chi connectivity index (χ1) is 16.7. The van der Waals surface area contributed by atoms with Gasteiger partial charge in [-0.2, -0.15) is 0 Å². The molecule has 0 spiro atoms. The predicted molar refractivity (Wildman–Crippen MR) is 134 cm³/mol. The van der Waals surface area contributed by atoms with Crippen molar-refractivity contribution in [2.75, 3.05) is 32.8 Å². The van der Waals surface area contributed by atoms with Crippen molar-refractivity contribution >= 4 is 22.7 Å². The first-order valence-corrected chi connectivity index (χ1v) is 12.6. The summed E-state index contributed by atoms with van der Waals surface area (Å²) in [5, 5.41) is 1.37. The van der Waals surface area contributed by atoms with Gasteiger partial charge in [-0.25, -0.2) is 9.97 Å². The SMILES string of the molecule is Cc1ccc(-c2nc(CSc3nc4ccccc4c(=O)n3CCCN3CCOCC3)co2)cc1. The highest BCUT2D eigenvalue weighted by atomic mass is 32.2. The van der Waals surface area contributed by atoms with Gasteiger partial charge in [0.25, 0.3) is 5.56 Å². The number of morpholine rings is 1. The third-order valence-corrected chi connectivity index (χ3v) is 7.00. The molecule has 7 nitrogen and oxygen atoms in total. The summed E-state index contributed by atoms with van der Waals surface area (Å²) < 4.78 is 13.0. The Balaban J connectivity index is 1.33. The number of para-hydroxylation sites is 1. The summed E-state index contributed by atoms with van der Waals surface area (Å²) in [7, 11) is 0. The molecule has 0 amide bonds. The standard InChI is InChI=1S/C26H28N4O3S/c1-19-7-9-20(10-8-19)24-27-21(17-33-24)18-34-26-28-23-6-3-2-5-22(23)25(31)30(26)12-4-11-29-13-15-32-16-14-29/h2-3,5-10,17H,4,11-16,18H2,1H3. The molecule has 0 bridgehead atoms. The second-order valence-electron chi connectivity index (χ2n) is 8.47. The van der Waals surface area contributed by atoms with E-state index in [2.05, 4.69) is 16.8 Å². The van der Waals surface area contributed by atoms with Gasteiger partial charge in [-0.15, -0.1) is 0 Å². The van der Waals surface area contributed by atoms with Crippen molar-refractivity contribution < 1.29 is 9.15 Å². The topological polar surface area (TPSA) is 73.4 Å². The van der Waals surface area contributed by atoms with Gasteiger partial charge in [0.05, 0.1) is 29.8 Å². The van der Waals surface area contributed by atoms with Crippen molar-refractivity contribution in [2.24, 2.45) is 0 Å². The number of ether oxygens (including phenoxy) is 1. The van der Waals surface area contributed by atoms with Crippen LogP contribution in [0, 0.1) is 6.92 Å². The van der Waals surface area contributed by atoms with E-state index in [0.29, 0.717) is 28.7 Å². The average Bonchev–Trinajstić information content (AvgIpc) is 3.34. The van der Waals surface area contributed by atoms with Gasteiger partial charge in [-0.05, 0) is 37.6 Å². The molecule has 1 saturated heterocycles. The minimum absolute atomic E-state index is 0.00979. The molecular weight excluding hydrogens is 448 g/mol. The molecule has 0 radical (unpaired) electrons. The third-order valence-electron chi connectivity index (χ3n) is 5.99. The second kappa shape index (κ2) is 10.5. The molecule has 8 heteroatoms. The number of aryl methyl sites for hydroxylation is 1. The maximum absolute atomic E-state index is 13.3. The van der Waals surface area contributed by atoms with Gasteiger partial charge in [0, 0.05) is 37.5 Å². The van der Waals surface area contributed by atoms with Crippen molar-refractivity contribution in [3.8, 4) is 11.5 Å². The minimum atomic E-state index is 0.00979. The highest BCUT2D eigenvalue weighted by molar-refractivity contribution is 7.98. The molecule has 0 aliphatic carbocycles. The fourth-order valence-electron chi connectivity index (χ4n) is 4.07. The summed E-state index contributed by atoms with van der Waals surface area (Å²) in [5.74, 6) is 1.17. The molecule has 34 heavy (non-hydrogen) atoms. The van der Waals surface area contributed by atoms with Gasteiger partial charge in [0.1, 0.15) is 6.26 Å². The quantitative estimate of drug-likeness (QED) is 0.276. The van der Waals surface area contributed by atoms with Crippen molar-refractivity contribution in [2.45, 2.75) is 30.8 Å². The molecule has 0 atom stereocenters. The molecule has 1 aliphatic heterocycles. The van der Waals surface area contributed by atoms with Crippen molar-refractivity contribution in [1.29, 1.82) is 0 Å². The summed E-state index contributed by atoms with van der Waals surface area (Å²) in [5.41, 5.74) is 3.70. The molecule has 1 aliphatic rings. The fourth-order valence-corrected chi connectivity index (χ4v) is 4.98. The van der Waals surface area contributed by atoms with Crippen LogP contribution < -0.4 is 5.56 Å². The number of fused-ring (bicyclic) bond motifs is 1. The number of oxazole rings is 1. The van der Waals surface area contributed by atoms with Crippen molar-refractivity contribution in [1.82, 2.24) is 19.4 Å². The van der Waals surface area contributed by atoms with Crippen LogP contribution in [0.1, 0.15) is 17.7 Å². The van der Waals surface area contributed by atoms with E-state index >= 15 is 0 Å². The zero-order valence-electron chi connectivity index (χ0n) is 19.3. The first-order valence-electron chi connectivity index (χ1n) is 11.6. The molecule has 1 fully saturated rings. The van der Waals surface area contributed by atoms with Gasteiger partial charge >= 0.3 is 0 Å². The molecule has 2 aromatic carbocycles. The molecule has 176 valence electrons. The molecule has 0 unspecified atom stereocenters. The number of nitrogens with zero attached hydrogens (tertiary/aromatic N) is 4. The number of aromatic nitrogens is 3. The van der Waals surface area contributed by atoms with E-state index in [1.54, 1.807) is 6.26 Å². The van der Waals surface area contributed by atoms with Crippen LogP contribution in [0.15, 0.2) is 69.2 Å². The predicted octanol–water partition coefficient (Wildman–Crippen LogP) is 4.37. The highest BCUT2D eigenvalue weighted by Gasteiger charge is 2.15. The lowest BCUT2D eigenvalue weighted by atomic mass is 10.1. The molecular formula is C26H28N4O3S. The smallest absolute Gasteiger partial charge is 0.262 e. The number of benzene rings is 2. The maximum Gasteiger partial charge on any atom is 0.262 e. The Hall–Kier alpha value is -2.94. The number of hydrogen-bond donors (Lipinski definition) is 0. The van der Waals surface area contributed by atoms with E-state index < -0.39 is 0 Å². The Morgan fingerprint density at radius 2 is 1.79 bits per heavy atom. The van der Waals surface area contributed by atoms with Gasteiger partial charge < -0.3 is 9.15 Å². The van der Waals surface area contributed by atoms with Crippen LogP contribution in [0.25, 0.3) is 22.4 Å². The lowest BCUT2D eigenvalue weighted by Gasteiger charge is -2.26. The van der Waals surface area contributed by atoms with Crippen LogP contribution in [0.5, 0.6) is 0 Å². The molecule has 4 aromatic rings. The van der Waals surface area contributed by atoms with Crippen LogP contribution in [0.2, 0.25) is 0 Å². The van der Waals surface area contributed by atoms with E-state index in [0.717, 1.165) is 56.0 Å². The molecule has 5 rings (SSSR count). The normalized spacial score (nSPS) is 14.6. The monoisotopic (exact) mass is 476 g/mol. The van der Waals surface area contributed by atoms with Crippen LogP contribution in [-0.4, -0.2) is 52.3 Å². The summed E-state index contributed by atoms with van der Waals surface area (Å²) in [6.07, 6.45) is 2.57. The maximum atomic E-state index is 13.3. The second-order valence-corrected chi connectivity index (χ2v) is 9.42. The number of rotatable bonds is 8. The lowest BCUT2D eigenvalue weighted by Crippen LogP contribution is -2.37. The minimum Gasteiger partial charge on any atom is -0.444 e. The number of hydrogen-bond acceptors (Lipinski definition) is 7. The zero-order valence-corrected chi connectivity index (χ0v) is 20.1. The Bertz CT molecular complexity index is 1310. The first kappa shape index (κ1) is 22.8. The van der Waals surface area contributed by atoms with Gasteiger partial charge in [0.2, 0.25) is 5.89 Å². The average molecular weight is 477 g/mol. The Morgan fingerprint density at radius 1 is 1.00 bits per heavy atom. The number of thioether (sulfide) groups is 1. The zero-order chi connectivity index (χ0) is 23.3.